The van der Waals surface area contributed by atoms with Crippen LogP contribution in [0.3, 0.4) is 0 Å². The molecule has 9 heteroatoms. The average Bonchev–Trinajstić information content (AvgIpc) is 3.39. The number of sulfonamides is 1. The quantitative estimate of drug-likeness (QED) is 0.474. The van der Waals surface area contributed by atoms with E-state index in [1.807, 2.05) is 6.92 Å². The Morgan fingerprint density at radius 1 is 1.26 bits per heavy atom. The van der Waals surface area contributed by atoms with Gasteiger partial charge < -0.3 is 15.4 Å². The molecule has 3 unspecified atom stereocenters. The Morgan fingerprint density at radius 2 is 1.94 bits per heavy atom. The number of benzene rings is 1. The lowest BCUT2D eigenvalue weighted by Crippen LogP contribution is -2.33. The summed E-state index contributed by atoms with van der Waals surface area (Å²) in [6.07, 6.45) is 3.43. The summed E-state index contributed by atoms with van der Waals surface area (Å²) in [6, 6.07) is 5.00. The molecule has 0 saturated heterocycles. The van der Waals surface area contributed by atoms with Crippen LogP contribution >= 0.6 is 0 Å². The van der Waals surface area contributed by atoms with Gasteiger partial charge in [0.1, 0.15) is 11.5 Å². The van der Waals surface area contributed by atoms with Crippen molar-refractivity contribution in [3.05, 3.63) is 23.8 Å². The Morgan fingerprint density at radius 3 is 2.52 bits per heavy atom. The molecule has 174 valence electrons. The molecule has 1 aliphatic carbocycles. The molecule has 8 nitrogen and oxygen atoms in total. The standard InChI is InChI=1S/C22H35N3O5S/c1-15-10-19(15)14-30-21-12-18(11-20(13-21)25(4)31(5,28)29)22(27)24-8-6-16(2)23-9-7-17(3)26/h11-13,15-16,19,23H,6-10,14H2,1-5H3,(H,24,27). The molecule has 1 aromatic rings. The fourth-order valence-electron chi connectivity index (χ4n) is 3.11. The van der Waals surface area contributed by atoms with E-state index in [1.54, 1.807) is 25.1 Å². The highest BCUT2D eigenvalue weighted by Gasteiger charge is 2.33. The molecule has 31 heavy (non-hydrogen) atoms. The smallest absolute Gasteiger partial charge is 0.251 e. The zero-order valence-electron chi connectivity index (χ0n) is 19.1. The number of Topliss-reactive ketones (excluding diaryl/α,β-unsaturated/α-hetero) is 1. The van der Waals surface area contributed by atoms with Crippen molar-refractivity contribution >= 4 is 27.4 Å². The molecule has 0 heterocycles. The number of nitrogens with zero attached hydrogens (tertiary/aromatic N) is 1. The summed E-state index contributed by atoms with van der Waals surface area (Å²) in [4.78, 5) is 23.7. The number of hydrogen-bond donors (Lipinski definition) is 2. The number of carbonyl (C=O) groups is 2. The molecule has 0 bridgehead atoms. The van der Waals surface area contributed by atoms with Crippen LogP contribution in [0.4, 0.5) is 5.69 Å². The van der Waals surface area contributed by atoms with E-state index in [2.05, 4.69) is 17.6 Å². The highest BCUT2D eigenvalue weighted by atomic mass is 32.2. The minimum Gasteiger partial charge on any atom is -0.493 e. The number of anilines is 1. The summed E-state index contributed by atoms with van der Waals surface area (Å²) >= 11 is 0. The molecule has 1 fully saturated rings. The van der Waals surface area contributed by atoms with Crippen LogP contribution < -0.4 is 19.7 Å². The van der Waals surface area contributed by atoms with Crippen LogP contribution in [0.5, 0.6) is 5.75 Å². The molecule has 0 radical (unpaired) electrons. The van der Waals surface area contributed by atoms with Crippen molar-refractivity contribution in [1.29, 1.82) is 0 Å². The minimum absolute atomic E-state index is 0.140. The first kappa shape index (κ1) is 25.1. The summed E-state index contributed by atoms with van der Waals surface area (Å²) in [5.41, 5.74) is 0.734. The van der Waals surface area contributed by atoms with E-state index in [-0.39, 0.29) is 17.7 Å². The minimum atomic E-state index is -3.47. The van der Waals surface area contributed by atoms with Gasteiger partial charge >= 0.3 is 0 Å². The number of ketones is 1. The number of hydrogen-bond acceptors (Lipinski definition) is 6. The van der Waals surface area contributed by atoms with Gasteiger partial charge in [0, 0.05) is 44.2 Å². The number of amides is 1. The van der Waals surface area contributed by atoms with Crippen molar-refractivity contribution in [2.45, 2.75) is 46.1 Å². The van der Waals surface area contributed by atoms with E-state index in [1.165, 1.54) is 7.05 Å². The summed E-state index contributed by atoms with van der Waals surface area (Å²) in [6.45, 7) is 7.35. The average molecular weight is 454 g/mol. The van der Waals surface area contributed by atoms with E-state index >= 15 is 0 Å². The fourth-order valence-corrected chi connectivity index (χ4v) is 3.59. The van der Waals surface area contributed by atoms with Crippen molar-refractivity contribution in [1.82, 2.24) is 10.6 Å². The van der Waals surface area contributed by atoms with Gasteiger partial charge in [0.15, 0.2) is 0 Å². The molecule has 1 amide bonds. The van der Waals surface area contributed by atoms with Crippen molar-refractivity contribution in [3.63, 3.8) is 0 Å². The van der Waals surface area contributed by atoms with Gasteiger partial charge in [-0.15, -0.1) is 0 Å². The van der Waals surface area contributed by atoms with E-state index in [9.17, 15) is 18.0 Å². The number of carbonyl (C=O) groups excluding carboxylic acids is 2. The van der Waals surface area contributed by atoms with E-state index in [0.717, 1.165) is 17.0 Å². The monoisotopic (exact) mass is 453 g/mol. The van der Waals surface area contributed by atoms with Gasteiger partial charge in [-0.25, -0.2) is 8.42 Å². The molecule has 0 aromatic heterocycles. The van der Waals surface area contributed by atoms with Crippen LogP contribution in [0.15, 0.2) is 18.2 Å². The van der Waals surface area contributed by atoms with Crippen LogP contribution in [-0.4, -0.2) is 59.1 Å². The SMILES string of the molecule is CC(=O)CCNC(C)CCNC(=O)c1cc(OCC2CC2C)cc(N(C)S(C)(=O)=O)c1. The van der Waals surface area contributed by atoms with Gasteiger partial charge in [-0.05, 0) is 50.7 Å². The molecule has 1 saturated carbocycles. The van der Waals surface area contributed by atoms with Crippen molar-refractivity contribution < 1.29 is 22.7 Å². The van der Waals surface area contributed by atoms with Crippen molar-refractivity contribution in [2.24, 2.45) is 11.8 Å². The first-order valence-electron chi connectivity index (χ1n) is 10.7. The number of nitrogens with one attached hydrogen (secondary N) is 2. The van der Waals surface area contributed by atoms with Crippen molar-refractivity contribution in [2.75, 3.05) is 37.3 Å². The zero-order chi connectivity index (χ0) is 23.2. The van der Waals surface area contributed by atoms with Gasteiger partial charge in [0.25, 0.3) is 5.91 Å². The third-order valence-corrected chi connectivity index (χ3v) is 6.79. The van der Waals surface area contributed by atoms with Gasteiger partial charge in [0.2, 0.25) is 10.0 Å². The van der Waals surface area contributed by atoms with Crippen LogP contribution in [-0.2, 0) is 14.8 Å². The van der Waals surface area contributed by atoms with E-state index < -0.39 is 10.0 Å². The second-order valence-electron chi connectivity index (χ2n) is 8.58. The molecule has 2 rings (SSSR count). The van der Waals surface area contributed by atoms with Crippen LogP contribution in [0.1, 0.15) is 50.4 Å². The molecule has 3 atom stereocenters. The van der Waals surface area contributed by atoms with E-state index in [4.69, 9.17) is 4.74 Å². The summed E-state index contributed by atoms with van der Waals surface area (Å²) in [7, 11) is -2.02. The van der Waals surface area contributed by atoms with Crippen LogP contribution in [0.2, 0.25) is 0 Å². The summed E-state index contributed by atoms with van der Waals surface area (Å²) in [5.74, 6) is 1.48. The summed E-state index contributed by atoms with van der Waals surface area (Å²) < 4.78 is 30.9. The second-order valence-corrected chi connectivity index (χ2v) is 10.6. The first-order valence-corrected chi connectivity index (χ1v) is 12.5. The maximum atomic E-state index is 12.7. The third kappa shape index (κ3) is 8.49. The molecular weight excluding hydrogens is 418 g/mol. The molecule has 1 aliphatic rings. The van der Waals surface area contributed by atoms with Crippen LogP contribution in [0.25, 0.3) is 0 Å². The van der Waals surface area contributed by atoms with Gasteiger partial charge in [0.05, 0.1) is 18.6 Å². The molecular formula is C22H35N3O5S. The lowest BCUT2D eigenvalue weighted by Gasteiger charge is -2.19. The van der Waals surface area contributed by atoms with Gasteiger partial charge in [-0.1, -0.05) is 6.92 Å². The Labute approximate surface area is 185 Å². The topological polar surface area (TPSA) is 105 Å². The Kier molecular flexibility index (Phi) is 8.88. The van der Waals surface area contributed by atoms with Gasteiger partial charge in [-0.3, -0.25) is 13.9 Å². The molecule has 0 spiro atoms. The molecule has 0 aliphatic heterocycles. The number of rotatable bonds is 13. The van der Waals surface area contributed by atoms with Crippen molar-refractivity contribution in [3.8, 4) is 5.75 Å². The highest BCUT2D eigenvalue weighted by molar-refractivity contribution is 7.92. The molecule has 2 N–H and O–H groups in total. The normalized spacial score (nSPS) is 18.9. The maximum Gasteiger partial charge on any atom is 0.251 e. The largest absolute Gasteiger partial charge is 0.493 e. The van der Waals surface area contributed by atoms with Gasteiger partial charge in [-0.2, -0.15) is 0 Å². The predicted octanol–water partition coefficient (Wildman–Crippen LogP) is 2.19. The second kappa shape index (κ2) is 10.9. The zero-order valence-corrected chi connectivity index (χ0v) is 19.9. The third-order valence-electron chi connectivity index (χ3n) is 5.59. The summed E-state index contributed by atoms with van der Waals surface area (Å²) in [5, 5.41) is 6.12. The number of ether oxygens (including phenoxy) is 1. The first-order chi connectivity index (χ1) is 14.5. The Hall–Kier alpha value is -2.13. The van der Waals surface area contributed by atoms with Crippen LogP contribution in [0, 0.1) is 11.8 Å². The lowest BCUT2D eigenvalue weighted by atomic mass is 10.1. The lowest BCUT2D eigenvalue weighted by molar-refractivity contribution is -0.116. The highest BCUT2D eigenvalue weighted by Crippen LogP contribution is 2.38. The Balaban J connectivity index is 2.01. The predicted molar refractivity (Wildman–Crippen MR) is 122 cm³/mol. The Bertz CT molecular complexity index is 887. The molecule has 1 aromatic carbocycles. The van der Waals surface area contributed by atoms with E-state index in [0.29, 0.717) is 61.4 Å². The maximum absolute atomic E-state index is 12.7. The fraction of sp³-hybridized carbons (Fsp3) is 0.636.